The van der Waals surface area contributed by atoms with E-state index in [9.17, 15) is 0 Å². The van der Waals surface area contributed by atoms with Crippen LogP contribution >= 0.6 is 0 Å². The van der Waals surface area contributed by atoms with Gasteiger partial charge in [0.25, 0.3) is 0 Å². The van der Waals surface area contributed by atoms with Crippen LogP contribution in [0, 0.1) is 0 Å². The zero-order valence-corrected chi connectivity index (χ0v) is 17.3. The minimum absolute atomic E-state index is 0.909. The minimum atomic E-state index is 0.909. The lowest BCUT2D eigenvalue weighted by Crippen LogP contribution is -1.99. The van der Waals surface area contributed by atoms with E-state index in [1.165, 1.54) is 54.9 Å². The Kier molecular flexibility index (Phi) is 4.28. The molecule has 0 saturated heterocycles. The Morgan fingerprint density at radius 1 is 0.355 bits per heavy atom. The molecule has 0 nitrogen and oxygen atoms in total. The van der Waals surface area contributed by atoms with Crippen LogP contribution in [0.25, 0.3) is 32.7 Å². The molecule has 0 saturated carbocycles. The third-order valence-electron chi connectivity index (χ3n) is 6.29. The normalized spacial score (nSPS) is 13.4. The highest BCUT2D eigenvalue weighted by molar-refractivity contribution is 6.19. The molecule has 31 heavy (non-hydrogen) atoms. The summed E-state index contributed by atoms with van der Waals surface area (Å²) in [4.78, 5) is 0. The lowest BCUT2D eigenvalue weighted by molar-refractivity contribution is 1.40. The van der Waals surface area contributed by atoms with Gasteiger partial charge in [0.15, 0.2) is 0 Å². The Morgan fingerprint density at radius 2 is 0.710 bits per heavy atom. The van der Waals surface area contributed by atoms with Gasteiger partial charge in [-0.2, -0.15) is 0 Å². The highest BCUT2D eigenvalue weighted by Gasteiger charge is 2.22. The maximum atomic E-state index is 2.39. The van der Waals surface area contributed by atoms with Crippen LogP contribution in [0.1, 0.15) is 28.7 Å². The van der Waals surface area contributed by atoms with Gasteiger partial charge in [-0.25, -0.2) is 0 Å². The molecule has 0 amide bonds. The molecule has 5 aromatic carbocycles. The standard InChI is InChI=1S/C31H22/c1-3-12-22(13-4-1)24-20-11-21-25(23-14-5-2-6-15-23)31-29-19-10-8-17-27(29)26-16-7-9-18-28(26)30(24)31/h1-10,12-21H,11H2. The summed E-state index contributed by atoms with van der Waals surface area (Å²) in [6, 6.07) is 39.4. The molecular weight excluding hydrogens is 372 g/mol. The Bertz CT molecular complexity index is 1350. The first-order chi connectivity index (χ1) is 15.4. The van der Waals surface area contributed by atoms with E-state index in [2.05, 4.69) is 121 Å². The summed E-state index contributed by atoms with van der Waals surface area (Å²) in [7, 11) is 0. The van der Waals surface area contributed by atoms with Crippen LogP contribution in [0.4, 0.5) is 0 Å². The van der Waals surface area contributed by atoms with Gasteiger partial charge in [0.1, 0.15) is 0 Å². The number of hydrogen-bond acceptors (Lipinski definition) is 0. The second kappa shape index (κ2) is 7.41. The Morgan fingerprint density at radius 3 is 1.13 bits per heavy atom. The zero-order valence-electron chi connectivity index (χ0n) is 17.3. The van der Waals surface area contributed by atoms with E-state index < -0.39 is 0 Å². The molecule has 0 radical (unpaired) electrons. The lowest BCUT2D eigenvalue weighted by atomic mass is 9.82. The van der Waals surface area contributed by atoms with E-state index in [0.717, 1.165) is 6.42 Å². The van der Waals surface area contributed by atoms with Crippen molar-refractivity contribution in [1.29, 1.82) is 0 Å². The van der Waals surface area contributed by atoms with E-state index >= 15 is 0 Å². The van der Waals surface area contributed by atoms with Crippen molar-refractivity contribution in [3.8, 4) is 0 Å². The van der Waals surface area contributed by atoms with Crippen LogP contribution in [0.3, 0.4) is 0 Å². The monoisotopic (exact) mass is 394 g/mol. The van der Waals surface area contributed by atoms with Gasteiger partial charge in [0.2, 0.25) is 0 Å². The summed E-state index contributed by atoms with van der Waals surface area (Å²) in [5.41, 5.74) is 7.86. The highest BCUT2D eigenvalue weighted by Crippen LogP contribution is 2.45. The molecule has 0 heteroatoms. The number of allylic oxidation sites excluding steroid dienone is 2. The fraction of sp³-hybridized carbons (Fsp3) is 0.0323. The molecule has 0 atom stereocenters. The van der Waals surface area contributed by atoms with Crippen molar-refractivity contribution in [1.82, 2.24) is 0 Å². The quantitative estimate of drug-likeness (QED) is 0.264. The number of benzene rings is 5. The van der Waals surface area contributed by atoms with Crippen molar-refractivity contribution in [2.45, 2.75) is 6.42 Å². The predicted molar refractivity (Wildman–Crippen MR) is 133 cm³/mol. The molecule has 0 fully saturated rings. The molecule has 5 aromatic rings. The van der Waals surface area contributed by atoms with E-state index in [-0.39, 0.29) is 0 Å². The summed E-state index contributed by atoms with van der Waals surface area (Å²) in [5, 5.41) is 5.26. The van der Waals surface area contributed by atoms with E-state index in [4.69, 9.17) is 0 Å². The van der Waals surface area contributed by atoms with Crippen molar-refractivity contribution in [2.75, 3.05) is 0 Å². The van der Waals surface area contributed by atoms with E-state index in [1.807, 2.05) is 0 Å². The first-order valence-corrected chi connectivity index (χ1v) is 10.9. The van der Waals surface area contributed by atoms with Crippen molar-refractivity contribution >= 4 is 32.7 Å². The zero-order chi connectivity index (χ0) is 20.6. The smallest absolute Gasteiger partial charge is 0.00173 e. The summed E-state index contributed by atoms with van der Waals surface area (Å²) in [6.07, 6.45) is 5.70. The number of fused-ring (bicyclic) bond motifs is 6. The summed E-state index contributed by atoms with van der Waals surface area (Å²) in [6.45, 7) is 0. The first kappa shape index (κ1) is 17.9. The molecule has 0 aliphatic heterocycles. The van der Waals surface area contributed by atoms with Gasteiger partial charge in [-0.3, -0.25) is 0 Å². The van der Waals surface area contributed by atoms with Crippen LogP contribution in [0.5, 0.6) is 0 Å². The molecule has 146 valence electrons. The Hall–Kier alpha value is -3.90. The molecule has 6 rings (SSSR count). The molecule has 0 spiro atoms. The number of hydrogen-bond donors (Lipinski definition) is 0. The van der Waals surface area contributed by atoms with Gasteiger partial charge in [-0.15, -0.1) is 0 Å². The molecule has 0 unspecified atom stereocenters. The molecular formula is C31H22. The van der Waals surface area contributed by atoms with Gasteiger partial charge >= 0.3 is 0 Å². The van der Waals surface area contributed by atoms with Crippen LogP contribution in [0.15, 0.2) is 121 Å². The van der Waals surface area contributed by atoms with Crippen molar-refractivity contribution in [3.05, 3.63) is 144 Å². The average Bonchev–Trinajstić information content (AvgIpc) is 3.06. The van der Waals surface area contributed by atoms with Gasteiger partial charge < -0.3 is 0 Å². The highest BCUT2D eigenvalue weighted by atomic mass is 14.3. The van der Waals surface area contributed by atoms with Crippen molar-refractivity contribution in [2.24, 2.45) is 0 Å². The fourth-order valence-electron chi connectivity index (χ4n) is 4.96. The maximum Gasteiger partial charge on any atom is -0.00173 e. The molecule has 0 bridgehead atoms. The molecule has 1 aliphatic rings. The van der Waals surface area contributed by atoms with Crippen LogP contribution in [0.2, 0.25) is 0 Å². The van der Waals surface area contributed by atoms with E-state index in [1.54, 1.807) is 0 Å². The maximum absolute atomic E-state index is 2.39. The molecule has 0 N–H and O–H groups in total. The molecule has 0 heterocycles. The van der Waals surface area contributed by atoms with Gasteiger partial charge in [-0.05, 0) is 61.4 Å². The topological polar surface area (TPSA) is 0 Å². The Balaban J connectivity index is 1.81. The predicted octanol–water partition coefficient (Wildman–Crippen LogP) is 8.26. The third-order valence-corrected chi connectivity index (χ3v) is 6.29. The fourth-order valence-corrected chi connectivity index (χ4v) is 4.96. The van der Waals surface area contributed by atoms with Crippen LogP contribution < -0.4 is 0 Å². The summed E-state index contributed by atoms with van der Waals surface area (Å²) in [5.74, 6) is 0. The van der Waals surface area contributed by atoms with Crippen LogP contribution in [-0.2, 0) is 0 Å². The first-order valence-electron chi connectivity index (χ1n) is 10.9. The summed E-state index contributed by atoms with van der Waals surface area (Å²) >= 11 is 0. The van der Waals surface area contributed by atoms with Crippen molar-refractivity contribution < 1.29 is 0 Å². The average molecular weight is 395 g/mol. The largest absolute Gasteiger partial charge is 0.0722 e. The second-order valence-corrected chi connectivity index (χ2v) is 8.04. The lowest BCUT2D eigenvalue weighted by Gasteiger charge is -2.21. The van der Waals surface area contributed by atoms with Gasteiger partial charge in [0, 0.05) is 0 Å². The molecule has 1 aliphatic carbocycles. The Labute approximate surface area is 182 Å². The SMILES string of the molecule is C1=C(c2ccccc2)c2c(c3ccccc3c3ccccc23)C(c2ccccc2)=CC1. The van der Waals surface area contributed by atoms with Gasteiger partial charge in [0.05, 0.1) is 0 Å². The van der Waals surface area contributed by atoms with Crippen molar-refractivity contribution in [3.63, 3.8) is 0 Å². The van der Waals surface area contributed by atoms with Crippen LogP contribution in [-0.4, -0.2) is 0 Å². The third kappa shape index (κ3) is 2.92. The number of rotatable bonds is 2. The van der Waals surface area contributed by atoms with Gasteiger partial charge in [-0.1, -0.05) is 121 Å². The van der Waals surface area contributed by atoms with E-state index in [0.29, 0.717) is 0 Å². The summed E-state index contributed by atoms with van der Waals surface area (Å²) < 4.78 is 0. The second-order valence-electron chi connectivity index (χ2n) is 8.04. The molecule has 0 aromatic heterocycles. The minimum Gasteiger partial charge on any atom is -0.0722 e.